The number of nitrogens with one attached hydrogen (secondary N) is 1. The molecule has 1 aromatic rings. The first kappa shape index (κ1) is 14.8. The Morgan fingerprint density at radius 1 is 1.41 bits per heavy atom. The molecule has 0 aliphatic rings. The summed E-state index contributed by atoms with van der Waals surface area (Å²) >= 11 is 10.3. The van der Waals surface area contributed by atoms with Gasteiger partial charge in [0.25, 0.3) is 0 Å². The molecule has 0 heterocycles. The van der Waals surface area contributed by atoms with Crippen molar-refractivity contribution in [3.63, 3.8) is 0 Å². The minimum absolute atomic E-state index is 0.0533. The molecule has 0 radical (unpaired) electrons. The zero-order chi connectivity index (χ0) is 13.0. The van der Waals surface area contributed by atoms with Gasteiger partial charge in [-0.05, 0) is 44.0 Å². The molecule has 1 atom stereocenters. The highest BCUT2D eigenvalue weighted by Gasteiger charge is 2.11. The van der Waals surface area contributed by atoms with E-state index in [4.69, 9.17) is 10.9 Å². The zero-order valence-corrected chi connectivity index (χ0v) is 13.8. The second kappa shape index (κ2) is 6.61. The van der Waals surface area contributed by atoms with Crippen LogP contribution >= 0.6 is 47.8 Å². The average molecular weight is 430 g/mol. The number of hydrogen-bond acceptors (Lipinski definition) is 3. The number of halogens is 3. The highest BCUT2D eigenvalue weighted by molar-refractivity contribution is 9.11. The van der Waals surface area contributed by atoms with Crippen molar-refractivity contribution in [2.75, 3.05) is 11.9 Å². The Morgan fingerprint density at radius 2 is 1.94 bits per heavy atom. The molecule has 4 nitrogen and oxygen atoms in total. The van der Waals surface area contributed by atoms with Gasteiger partial charge in [0, 0.05) is 25.9 Å². The standard InChI is InChI=1S/C10H12Br3N3O/c1-5(10(14)16-17)4-15-9-7(12)2-6(11)3-8(9)13/h2-3,5,15,17H,4H2,1H3,(H2,14,16). The molecule has 0 saturated heterocycles. The third-order valence-electron chi connectivity index (χ3n) is 2.21. The zero-order valence-electron chi connectivity index (χ0n) is 9.04. The fourth-order valence-electron chi connectivity index (χ4n) is 1.17. The molecule has 0 aromatic heterocycles. The van der Waals surface area contributed by atoms with E-state index in [1.54, 1.807) is 0 Å². The van der Waals surface area contributed by atoms with E-state index in [2.05, 4.69) is 58.3 Å². The molecule has 1 unspecified atom stereocenters. The van der Waals surface area contributed by atoms with Crippen LogP contribution in [-0.2, 0) is 0 Å². The molecule has 0 bridgehead atoms. The number of nitrogens with zero attached hydrogens (tertiary/aromatic N) is 1. The van der Waals surface area contributed by atoms with Crippen molar-refractivity contribution in [2.24, 2.45) is 16.8 Å². The van der Waals surface area contributed by atoms with Crippen LogP contribution in [0.15, 0.2) is 30.7 Å². The Balaban J connectivity index is 2.76. The first-order valence-electron chi connectivity index (χ1n) is 4.81. The molecule has 0 aliphatic carbocycles. The van der Waals surface area contributed by atoms with Gasteiger partial charge < -0.3 is 16.3 Å². The van der Waals surface area contributed by atoms with Gasteiger partial charge in [0.15, 0.2) is 0 Å². The second-order valence-electron chi connectivity index (χ2n) is 3.55. The highest BCUT2D eigenvalue weighted by Crippen LogP contribution is 2.34. The summed E-state index contributed by atoms with van der Waals surface area (Å²) in [5.74, 6) is 0.157. The number of rotatable bonds is 4. The van der Waals surface area contributed by atoms with Crippen LogP contribution in [0.2, 0.25) is 0 Å². The molecule has 0 fully saturated rings. The van der Waals surface area contributed by atoms with Gasteiger partial charge in [0.2, 0.25) is 0 Å². The lowest BCUT2D eigenvalue weighted by molar-refractivity contribution is 0.315. The van der Waals surface area contributed by atoms with Crippen molar-refractivity contribution in [3.8, 4) is 0 Å². The first-order valence-corrected chi connectivity index (χ1v) is 7.19. The topological polar surface area (TPSA) is 70.6 Å². The number of benzene rings is 1. The lowest BCUT2D eigenvalue weighted by Crippen LogP contribution is -2.27. The monoisotopic (exact) mass is 427 g/mol. The van der Waals surface area contributed by atoms with E-state index in [1.165, 1.54) is 0 Å². The van der Waals surface area contributed by atoms with Gasteiger partial charge in [-0.3, -0.25) is 0 Å². The van der Waals surface area contributed by atoms with E-state index in [1.807, 2.05) is 19.1 Å². The summed E-state index contributed by atoms with van der Waals surface area (Å²) in [7, 11) is 0. The normalized spacial score (nSPS) is 13.5. The predicted molar refractivity (Wildman–Crippen MR) is 80.6 cm³/mol. The van der Waals surface area contributed by atoms with Crippen molar-refractivity contribution >= 4 is 59.3 Å². The smallest absolute Gasteiger partial charge is 0.143 e. The maximum atomic E-state index is 8.56. The van der Waals surface area contributed by atoms with Crippen LogP contribution in [0.1, 0.15) is 6.92 Å². The Morgan fingerprint density at radius 3 is 2.41 bits per heavy atom. The van der Waals surface area contributed by atoms with Crippen LogP contribution in [0.25, 0.3) is 0 Å². The molecular weight excluding hydrogens is 418 g/mol. The van der Waals surface area contributed by atoms with E-state index < -0.39 is 0 Å². The minimum atomic E-state index is -0.0533. The van der Waals surface area contributed by atoms with Crippen molar-refractivity contribution < 1.29 is 5.21 Å². The Labute approximate surface area is 125 Å². The van der Waals surface area contributed by atoms with Gasteiger partial charge in [-0.2, -0.15) is 0 Å². The highest BCUT2D eigenvalue weighted by atomic mass is 79.9. The van der Waals surface area contributed by atoms with Crippen molar-refractivity contribution in [1.82, 2.24) is 0 Å². The van der Waals surface area contributed by atoms with E-state index in [0.717, 1.165) is 19.1 Å². The second-order valence-corrected chi connectivity index (χ2v) is 6.18. The van der Waals surface area contributed by atoms with Crippen LogP contribution in [0.3, 0.4) is 0 Å². The number of anilines is 1. The number of amidine groups is 1. The quantitative estimate of drug-likeness (QED) is 0.295. The summed E-state index contributed by atoms with van der Waals surface area (Å²) in [5.41, 5.74) is 6.45. The molecule has 0 amide bonds. The predicted octanol–water partition coefficient (Wildman–Crippen LogP) is 3.77. The van der Waals surface area contributed by atoms with E-state index >= 15 is 0 Å². The first-order chi connectivity index (χ1) is 7.95. The largest absolute Gasteiger partial charge is 0.409 e. The third kappa shape index (κ3) is 4.15. The van der Waals surface area contributed by atoms with Crippen molar-refractivity contribution in [2.45, 2.75) is 6.92 Å². The summed E-state index contributed by atoms with van der Waals surface area (Å²) in [5, 5.41) is 14.8. The Hall–Kier alpha value is -0.270. The van der Waals surface area contributed by atoms with Gasteiger partial charge in [0.05, 0.1) is 5.69 Å². The summed E-state index contributed by atoms with van der Waals surface area (Å²) in [4.78, 5) is 0. The lowest BCUT2D eigenvalue weighted by Gasteiger charge is -2.15. The van der Waals surface area contributed by atoms with Gasteiger partial charge in [-0.25, -0.2) is 0 Å². The Kier molecular flexibility index (Phi) is 5.75. The fraction of sp³-hybridized carbons (Fsp3) is 0.300. The van der Waals surface area contributed by atoms with E-state index in [-0.39, 0.29) is 11.8 Å². The summed E-state index contributed by atoms with van der Waals surface area (Å²) < 4.78 is 2.85. The van der Waals surface area contributed by atoms with Crippen LogP contribution in [0.4, 0.5) is 5.69 Å². The van der Waals surface area contributed by atoms with Gasteiger partial charge in [-0.15, -0.1) is 0 Å². The minimum Gasteiger partial charge on any atom is -0.409 e. The van der Waals surface area contributed by atoms with Crippen LogP contribution in [-0.4, -0.2) is 17.6 Å². The fourth-order valence-corrected chi connectivity index (χ4v) is 3.71. The molecule has 4 N–H and O–H groups in total. The summed E-state index contributed by atoms with van der Waals surface area (Å²) in [6.07, 6.45) is 0. The number of nitrogens with two attached hydrogens (primary N) is 1. The molecule has 17 heavy (non-hydrogen) atoms. The average Bonchev–Trinajstić information content (AvgIpc) is 2.26. The Bertz CT molecular complexity index is 414. The molecule has 7 heteroatoms. The maximum Gasteiger partial charge on any atom is 0.143 e. The molecule has 1 aromatic carbocycles. The molecule has 1 rings (SSSR count). The molecule has 94 valence electrons. The van der Waals surface area contributed by atoms with E-state index in [0.29, 0.717) is 6.54 Å². The van der Waals surface area contributed by atoms with Gasteiger partial charge >= 0.3 is 0 Å². The third-order valence-corrected chi connectivity index (χ3v) is 3.92. The molecule has 0 saturated carbocycles. The molecular formula is C10H12Br3N3O. The molecule has 0 spiro atoms. The van der Waals surface area contributed by atoms with Gasteiger partial charge in [-0.1, -0.05) is 28.0 Å². The van der Waals surface area contributed by atoms with Crippen molar-refractivity contribution in [1.29, 1.82) is 0 Å². The maximum absolute atomic E-state index is 8.56. The summed E-state index contributed by atoms with van der Waals surface area (Å²) in [6.45, 7) is 2.46. The summed E-state index contributed by atoms with van der Waals surface area (Å²) in [6, 6.07) is 3.89. The van der Waals surface area contributed by atoms with E-state index in [9.17, 15) is 0 Å². The number of oxime groups is 1. The van der Waals surface area contributed by atoms with Crippen LogP contribution in [0.5, 0.6) is 0 Å². The SMILES string of the molecule is CC(CNc1c(Br)cc(Br)cc1Br)C(N)=NO. The van der Waals surface area contributed by atoms with Crippen LogP contribution in [0, 0.1) is 5.92 Å². The van der Waals surface area contributed by atoms with Crippen LogP contribution < -0.4 is 11.1 Å². The number of hydrogen-bond donors (Lipinski definition) is 3. The van der Waals surface area contributed by atoms with Gasteiger partial charge in [0.1, 0.15) is 5.84 Å². The lowest BCUT2D eigenvalue weighted by atomic mass is 10.1. The molecule has 0 aliphatic heterocycles. The van der Waals surface area contributed by atoms with Crippen molar-refractivity contribution in [3.05, 3.63) is 25.6 Å².